The van der Waals surface area contributed by atoms with E-state index < -0.39 is 5.91 Å². The van der Waals surface area contributed by atoms with Crippen molar-refractivity contribution < 1.29 is 9.21 Å². The molecule has 5 nitrogen and oxygen atoms in total. The van der Waals surface area contributed by atoms with Gasteiger partial charge in [0.1, 0.15) is 17.4 Å². The molecule has 0 spiro atoms. The summed E-state index contributed by atoms with van der Waals surface area (Å²) in [6.45, 7) is 0. The highest BCUT2D eigenvalue weighted by Gasteiger charge is 2.11. The molecule has 1 aromatic heterocycles. The number of hydrogen-bond acceptors (Lipinski definition) is 4. The number of rotatable bonds is 3. The first-order valence-corrected chi connectivity index (χ1v) is 5.13. The monoisotopic (exact) mass is 283 g/mol. The van der Waals surface area contributed by atoms with E-state index in [4.69, 9.17) is 15.4 Å². The van der Waals surface area contributed by atoms with E-state index in [0.29, 0.717) is 11.6 Å². The summed E-state index contributed by atoms with van der Waals surface area (Å²) in [5, 5.41) is 8.66. The van der Waals surface area contributed by atoms with Crippen LogP contribution in [0.4, 0.5) is 5.88 Å². The zero-order valence-electron chi connectivity index (χ0n) is 8.82. The van der Waals surface area contributed by atoms with Crippen LogP contribution in [0.3, 0.4) is 0 Å². The van der Waals surface area contributed by atoms with Crippen LogP contribution in [-0.2, 0) is 4.79 Å². The molecule has 2 N–H and O–H groups in total. The van der Waals surface area contributed by atoms with Crippen molar-refractivity contribution in [1.82, 2.24) is 0 Å². The first-order chi connectivity index (χ1) is 7.45. The first-order valence-electron chi connectivity index (χ1n) is 4.34. The van der Waals surface area contributed by atoms with Gasteiger partial charge in [-0.2, -0.15) is 5.26 Å². The van der Waals surface area contributed by atoms with Gasteiger partial charge in [-0.25, -0.2) is 0 Å². The molecule has 0 saturated heterocycles. The predicted molar refractivity (Wildman–Crippen MR) is 63.5 cm³/mol. The van der Waals surface area contributed by atoms with Gasteiger partial charge in [-0.15, -0.1) is 0 Å². The molecule has 1 amide bonds. The van der Waals surface area contributed by atoms with E-state index >= 15 is 0 Å². The number of anilines is 1. The minimum Gasteiger partial charge on any atom is -0.440 e. The Morgan fingerprint density at radius 3 is 2.69 bits per heavy atom. The van der Waals surface area contributed by atoms with E-state index in [1.54, 1.807) is 17.0 Å². The van der Waals surface area contributed by atoms with Crippen LogP contribution in [0.5, 0.6) is 0 Å². The molecule has 16 heavy (non-hydrogen) atoms. The third-order valence-electron chi connectivity index (χ3n) is 1.77. The predicted octanol–water partition coefficient (Wildman–Crippen LogP) is 1.50. The fourth-order valence-corrected chi connectivity index (χ4v) is 1.71. The molecule has 84 valence electrons. The normalized spacial score (nSPS) is 11.0. The maximum absolute atomic E-state index is 10.8. The Balaban J connectivity index is 3.13. The Hall–Kier alpha value is -1.74. The number of nitrogens with two attached hydrogens (primary N) is 1. The van der Waals surface area contributed by atoms with E-state index in [9.17, 15) is 4.79 Å². The zero-order chi connectivity index (χ0) is 12.3. The lowest BCUT2D eigenvalue weighted by molar-refractivity contribution is -0.114. The Kier molecular flexibility index (Phi) is 3.74. The lowest BCUT2D eigenvalue weighted by Gasteiger charge is -2.07. The van der Waals surface area contributed by atoms with Crippen LogP contribution in [-0.4, -0.2) is 20.0 Å². The molecule has 1 heterocycles. The Morgan fingerprint density at radius 1 is 1.69 bits per heavy atom. The van der Waals surface area contributed by atoms with E-state index in [1.165, 1.54) is 6.08 Å². The summed E-state index contributed by atoms with van der Waals surface area (Å²) in [7, 11) is 3.63. The smallest absolute Gasteiger partial charge is 0.259 e. The average Bonchev–Trinajstić information content (AvgIpc) is 2.55. The molecule has 0 bridgehead atoms. The average molecular weight is 284 g/mol. The number of nitriles is 1. The van der Waals surface area contributed by atoms with Gasteiger partial charge in [-0.3, -0.25) is 4.79 Å². The van der Waals surface area contributed by atoms with Crippen LogP contribution in [0.25, 0.3) is 6.08 Å². The number of hydrogen-bond donors (Lipinski definition) is 1. The van der Waals surface area contributed by atoms with E-state index in [0.717, 1.165) is 4.47 Å². The van der Waals surface area contributed by atoms with Gasteiger partial charge in [-0.05, 0) is 15.9 Å². The van der Waals surface area contributed by atoms with Crippen LogP contribution < -0.4 is 10.6 Å². The maximum Gasteiger partial charge on any atom is 0.259 e. The molecule has 0 aliphatic heterocycles. The molecule has 0 radical (unpaired) electrons. The van der Waals surface area contributed by atoms with Crippen LogP contribution >= 0.6 is 15.9 Å². The summed E-state index contributed by atoms with van der Waals surface area (Å²) in [6, 6.07) is 3.37. The molecule has 0 unspecified atom stereocenters. The van der Waals surface area contributed by atoms with E-state index in [1.807, 2.05) is 14.1 Å². The standard InChI is InChI=1S/C10H10BrN3O2/c1-14(2)10-8(11)4-7(16-10)3-6(5-12)9(13)15/h3-4H,1-2H3,(H2,13,15)/b6-3-. The van der Waals surface area contributed by atoms with Crippen molar-refractivity contribution in [3.63, 3.8) is 0 Å². The second-order valence-corrected chi connectivity index (χ2v) is 4.08. The number of carbonyl (C=O) groups excluding carboxylic acids is 1. The number of furan rings is 1. The van der Waals surface area contributed by atoms with Crippen molar-refractivity contribution >= 4 is 33.8 Å². The van der Waals surface area contributed by atoms with Crippen molar-refractivity contribution in [3.05, 3.63) is 21.9 Å². The van der Waals surface area contributed by atoms with Crippen molar-refractivity contribution in [1.29, 1.82) is 5.26 Å². The third kappa shape index (κ3) is 2.64. The lowest BCUT2D eigenvalue weighted by atomic mass is 10.2. The van der Waals surface area contributed by atoms with Gasteiger partial charge < -0.3 is 15.1 Å². The van der Waals surface area contributed by atoms with E-state index in [2.05, 4.69) is 15.9 Å². The summed E-state index contributed by atoms with van der Waals surface area (Å²) < 4.78 is 6.14. The molecule has 6 heteroatoms. The van der Waals surface area contributed by atoms with Crippen molar-refractivity contribution in [2.75, 3.05) is 19.0 Å². The second-order valence-electron chi connectivity index (χ2n) is 3.23. The van der Waals surface area contributed by atoms with Crippen molar-refractivity contribution in [3.8, 4) is 6.07 Å². The second kappa shape index (κ2) is 4.86. The maximum atomic E-state index is 10.8. The van der Waals surface area contributed by atoms with Crippen LogP contribution in [0.15, 0.2) is 20.5 Å². The minimum atomic E-state index is -0.776. The fourth-order valence-electron chi connectivity index (χ4n) is 1.05. The number of carbonyl (C=O) groups is 1. The molecular formula is C10H10BrN3O2. The summed E-state index contributed by atoms with van der Waals surface area (Å²) in [4.78, 5) is 12.6. The van der Waals surface area contributed by atoms with Gasteiger partial charge >= 0.3 is 0 Å². The van der Waals surface area contributed by atoms with Gasteiger partial charge in [0.25, 0.3) is 5.91 Å². The van der Waals surface area contributed by atoms with Gasteiger partial charge in [0.2, 0.25) is 5.88 Å². The Morgan fingerprint density at radius 2 is 2.31 bits per heavy atom. The van der Waals surface area contributed by atoms with E-state index in [-0.39, 0.29) is 5.57 Å². The topological polar surface area (TPSA) is 83.3 Å². The summed E-state index contributed by atoms with van der Waals surface area (Å²) in [5.41, 5.74) is 4.86. The Labute approximate surface area is 101 Å². The molecule has 0 aliphatic rings. The number of amides is 1. The summed E-state index contributed by atoms with van der Waals surface area (Å²) >= 11 is 3.30. The van der Waals surface area contributed by atoms with Gasteiger partial charge in [0.05, 0.1) is 4.47 Å². The lowest BCUT2D eigenvalue weighted by Crippen LogP contribution is -2.12. The quantitative estimate of drug-likeness (QED) is 0.673. The summed E-state index contributed by atoms with van der Waals surface area (Å²) in [5.74, 6) is 0.223. The van der Waals surface area contributed by atoms with Gasteiger partial charge in [0.15, 0.2) is 0 Å². The largest absolute Gasteiger partial charge is 0.440 e. The van der Waals surface area contributed by atoms with Crippen LogP contribution in [0, 0.1) is 11.3 Å². The molecule has 0 saturated carbocycles. The van der Waals surface area contributed by atoms with Crippen molar-refractivity contribution in [2.24, 2.45) is 5.73 Å². The molecule has 1 rings (SSSR count). The highest BCUT2D eigenvalue weighted by atomic mass is 79.9. The number of nitrogens with zero attached hydrogens (tertiary/aromatic N) is 2. The number of halogens is 1. The highest BCUT2D eigenvalue weighted by molar-refractivity contribution is 9.10. The van der Waals surface area contributed by atoms with Crippen LogP contribution in [0.1, 0.15) is 5.76 Å². The number of primary amides is 1. The molecule has 0 fully saturated rings. The molecule has 0 atom stereocenters. The van der Waals surface area contributed by atoms with Crippen molar-refractivity contribution in [2.45, 2.75) is 0 Å². The molecule has 0 aliphatic carbocycles. The fraction of sp³-hybridized carbons (Fsp3) is 0.200. The molecule has 0 aromatic carbocycles. The Bertz CT molecular complexity index is 483. The molecular weight excluding hydrogens is 274 g/mol. The first kappa shape index (κ1) is 12.3. The highest BCUT2D eigenvalue weighted by Crippen LogP contribution is 2.29. The van der Waals surface area contributed by atoms with Crippen LogP contribution in [0.2, 0.25) is 0 Å². The zero-order valence-corrected chi connectivity index (χ0v) is 10.4. The van der Waals surface area contributed by atoms with Gasteiger partial charge in [0, 0.05) is 26.2 Å². The molecule has 1 aromatic rings. The minimum absolute atomic E-state index is 0.147. The summed E-state index contributed by atoms with van der Waals surface area (Å²) in [6.07, 6.45) is 1.31. The third-order valence-corrected chi connectivity index (χ3v) is 2.33. The SMILES string of the molecule is CN(C)c1oc(/C=C(/C#N)C(N)=O)cc1Br. The van der Waals surface area contributed by atoms with Gasteiger partial charge in [-0.1, -0.05) is 0 Å².